The maximum Gasteiger partial charge on any atom is 0.270 e. The molecule has 0 spiro atoms. The molecule has 20 heavy (non-hydrogen) atoms. The topological polar surface area (TPSA) is 85.1 Å². The molecule has 0 aliphatic carbocycles. The minimum Gasteiger partial charge on any atom is -0.366 e. The van der Waals surface area contributed by atoms with E-state index >= 15 is 0 Å². The van der Waals surface area contributed by atoms with Gasteiger partial charge in [0.05, 0.1) is 0 Å². The number of nitrogens with one attached hydrogen (secondary N) is 1. The van der Waals surface area contributed by atoms with Gasteiger partial charge in [-0.05, 0) is 45.8 Å². The van der Waals surface area contributed by atoms with Gasteiger partial charge in [-0.1, -0.05) is 12.1 Å². The summed E-state index contributed by atoms with van der Waals surface area (Å²) in [5.74, 6) is -0.769. The summed E-state index contributed by atoms with van der Waals surface area (Å²) >= 11 is 3.25. The van der Waals surface area contributed by atoms with E-state index in [0.717, 1.165) is 10.0 Å². The van der Waals surface area contributed by atoms with Crippen molar-refractivity contribution in [3.63, 3.8) is 0 Å². The maximum atomic E-state index is 11.9. The fraction of sp³-hybridized carbons (Fsp3) is 0.0714. The fourth-order valence-electron chi connectivity index (χ4n) is 1.62. The van der Waals surface area contributed by atoms with Crippen LogP contribution in [0, 0.1) is 0 Å². The van der Waals surface area contributed by atoms with Crippen molar-refractivity contribution < 1.29 is 9.59 Å². The van der Waals surface area contributed by atoms with Crippen molar-refractivity contribution in [3.8, 4) is 0 Å². The van der Waals surface area contributed by atoms with Gasteiger partial charge in [-0.15, -0.1) is 0 Å². The Kier molecular flexibility index (Phi) is 4.47. The number of rotatable bonds is 4. The normalized spacial score (nSPS) is 10.1. The molecule has 5 nitrogen and oxygen atoms in total. The summed E-state index contributed by atoms with van der Waals surface area (Å²) < 4.78 is 0.809. The van der Waals surface area contributed by atoms with Crippen LogP contribution < -0.4 is 11.1 Å². The lowest BCUT2D eigenvalue weighted by Crippen LogP contribution is -2.24. The van der Waals surface area contributed by atoms with Crippen LogP contribution in [0.4, 0.5) is 0 Å². The third kappa shape index (κ3) is 3.64. The molecule has 0 radical (unpaired) electrons. The molecule has 2 aromatic rings. The highest BCUT2D eigenvalue weighted by atomic mass is 79.9. The SMILES string of the molecule is NC(=O)c1cccc(CNC(=O)c2ccc(Br)cn2)c1. The van der Waals surface area contributed by atoms with Crippen LogP contribution in [0.5, 0.6) is 0 Å². The van der Waals surface area contributed by atoms with Crippen molar-refractivity contribution >= 4 is 27.7 Å². The van der Waals surface area contributed by atoms with Crippen LogP contribution in [0.3, 0.4) is 0 Å². The number of pyridine rings is 1. The van der Waals surface area contributed by atoms with Gasteiger partial charge in [-0.25, -0.2) is 4.98 Å². The molecule has 102 valence electrons. The molecule has 0 unspecified atom stereocenters. The Morgan fingerprint density at radius 1 is 1.25 bits per heavy atom. The standard InChI is InChI=1S/C14H12BrN3O2/c15-11-4-5-12(17-8-11)14(20)18-7-9-2-1-3-10(6-9)13(16)19/h1-6,8H,7H2,(H2,16,19)(H,18,20). The van der Waals surface area contributed by atoms with Crippen LogP contribution in [-0.4, -0.2) is 16.8 Å². The Morgan fingerprint density at radius 3 is 2.70 bits per heavy atom. The van der Waals surface area contributed by atoms with Crippen molar-refractivity contribution in [2.75, 3.05) is 0 Å². The Balaban J connectivity index is 2.01. The van der Waals surface area contributed by atoms with Crippen molar-refractivity contribution in [2.24, 2.45) is 5.73 Å². The van der Waals surface area contributed by atoms with Crippen molar-refractivity contribution in [1.29, 1.82) is 0 Å². The molecule has 1 aromatic heterocycles. The number of primary amides is 1. The molecule has 0 bridgehead atoms. The van der Waals surface area contributed by atoms with E-state index in [1.54, 1.807) is 36.5 Å². The molecule has 6 heteroatoms. The van der Waals surface area contributed by atoms with E-state index in [1.165, 1.54) is 0 Å². The number of carbonyl (C=O) groups excluding carboxylic acids is 2. The van der Waals surface area contributed by atoms with Crippen molar-refractivity contribution in [2.45, 2.75) is 6.54 Å². The molecule has 0 fully saturated rings. The minimum absolute atomic E-state index is 0.276. The summed E-state index contributed by atoms with van der Waals surface area (Å²) in [6, 6.07) is 10.2. The summed E-state index contributed by atoms with van der Waals surface area (Å²) in [5, 5.41) is 2.73. The highest BCUT2D eigenvalue weighted by molar-refractivity contribution is 9.10. The van der Waals surface area contributed by atoms with Crippen LogP contribution in [0.2, 0.25) is 0 Å². The zero-order valence-electron chi connectivity index (χ0n) is 10.5. The van der Waals surface area contributed by atoms with E-state index < -0.39 is 5.91 Å². The number of hydrogen-bond donors (Lipinski definition) is 2. The first-order valence-corrected chi connectivity index (χ1v) is 6.64. The molecular formula is C14H12BrN3O2. The Labute approximate surface area is 124 Å². The first-order valence-electron chi connectivity index (χ1n) is 5.85. The average Bonchev–Trinajstić information content (AvgIpc) is 2.46. The second-order valence-corrected chi connectivity index (χ2v) is 5.02. The maximum absolute atomic E-state index is 11.9. The van der Waals surface area contributed by atoms with E-state index in [9.17, 15) is 9.59 Å². The summed E-state index contributed by atoms with van der Waals surface area (Å²) in [6.07, 6.45) is 1.56. The molecule has 1 aromatic carbocycles. The largest absolute Gasteiger partial charge is 0.366 e. The van der Waals surface area contributed by atoms with Gasteiger partial charge in [0.25, 0.3) is 5.91 Å². The summed E-state index contributed by atoms with van der Waals surface area (Å²) in [4.78, 5) is 26.9. The fourth-order valence-corrected chi connectivity index (χ4v) is 1.85. The van der Waals surface area contributed by atoms with Crippen LogP contribution >= 0.6 is 15.9 Å². The summed E-state index contributed by atoms with van der Waals surface area (Å²) in [6.45, 7) is 0.303. The zero-order chi connectivity index (χ0) is 14.5. The predicted molar refractivity (Wildman–Crippen MR) is 78.1 cm³/mol. The molecule has 2 amide bonds. The number of halogens is 1. The molecule has 0 saturated carbocycles. The number of nitrogens with two attached hydrogens (primary N) is 1. The molecule has 0 atom stereocenters. The molecule has 0 aliphatic rings. The lowest BCUT2D eigenvalue weighted by atomic mass is 10.1. The summed E-state index contributed by atoms with van der Waals surface area (Å²) in [7, 11) is 0. The molecule has 0 aliphatic heterocycles. The van der Waals surface area contributed by atoms with E-state index in [4.69, 9.17) is 5.73 Å². The molecule has 2 rings (SSSR count). The zero-order valence-corrected chi connectivity index (χ0v) is 12.1. The van der Waals surface area contributed by atoms with Gasteiger partial charge in [-0.2, -0.15) is 0 Å². The quantitative estimate of drug-likeness (QED) is 0.895. The Morgan fingerprint density at radius 2 is 2.05 bits per heavy atom. The number of carbonyl (C=O) groups is 2. The molecular weight excluding hydrogens is 322 g/mol. The Bertz CT molecular complexity index is 641. The van der Waals surface area contributed by atoms with Gasteiger partial charge < -0.3 is 11.1 Å². The highest BCUT2D eigenvalue weighted by Crippen LogP contribution is 2.08. The van der Waals surface area contributed by atoms with Gasteiger partial charge in [0.2, 0.25) is 5.91 Å². The van der Waals surface area contributed by atoms with E-state index in [1.807, 2.05) is 6.07 Å². The number of aromatic nitrogens is 1. The lowest BCUT2D eigenvalue weighted by Gasteiger charge is -2.06. The van der Waals surface area contributed by atoms with Gasteiger partial charge in [0.15, 0.2) is 0 Å². The second-order valence-electron chi connectivity index (χ2n) is 4.11. The van der Waals surface area contributed by atoms with Gasteiger partial charge in [0, 0.05) is 22.8 Å². The highest BCUT2D eigenvalue weighted by Gasteiger charge is 2.07. The smallest absolute Gasteiger partial charge is 0.270 e. The average molecular weight is 334 g/mol. The first kappa shape index (κ1) is 14.2. The second kappa shape index (κ2) is 6.29. The lowest BCUT2D eigenvalue weighted by molar-refractivity contribution is 0.0945. The van der Waals surface area contributed by atoms with E-state index in [0.29, 0.717) is 17.8 Å². The predicted octanol–water partition coefficient (Wildman–Crippen LogP) is 1.87. The Hall–Kier alpha value is -2.21. The van der Waals surface area contributed by atoms with Crippen LogP contribution in [0.1, 0.15) is 26.4 Å². The third-order valence-electron chi connectivity index (χ3n) is 2.62. The van der Waals surface area contributed by atoms with Crippen molar-refractivity contribution in [3.05, 3.63) is 63.9 Å². The monoisotopic (exact) mass is 333 g/mol. The van der Waals surface area contributed by atoms with Crippen LogP contribution in [-0.2, 0) is 6.54 Å². The van der Waals surface area contributed by atoms with Gasteiger partial charge in [-0.3, -0.25) is 9.59 Å². The third-order valence-corrected chi connectivity index (χ3v) is 3.09. The number of hydrogen-bond acceptors (Lipinski definition) is 3. The van der Waals surface area contributed by atoms with E-state index in [-0.39, 0.29) is 5.91 Å². The van der Waals surface area contributed by atoms with Gasteiger partial charge in [0.1, 0.15) is 5.69 Å². The van der Waals surface area contributed by atoms with Crippen molar-refractivity contribution in [1.82, 2.24) is 10.3 Å². The summed E-state index contributed by atoms with van der Waals surface area (Å²) in [5.41, 5.74) is 6.75. The molecule has 1 heterocycles. The van der Waals surface area contributed by atoms with Crippen LogP contribution in [0.15, 0.2) is 47.1 Å². The number of amides is 2. The van der Waals surface area contributed by atoms with Gasteiger partial charge >= 0.3 is 0 Å². The molecule has 3 N–H and O–H groups in total. The number of benzene rings is 1. The minimum atomic E-state index is -0.493. The molecule has 0 saturated heterocycles. The first-order chi connectivity index (χ1) is 9.56. The van der Waals surface area contributed by atoms with E-state index in [2.05, 4.69) is 26.2 Å². The number of nitrogens with zero attached hydrogens (tertiary/aromatic N) is 1. The van der Waals surface area contributed by atoms with Crippen LogP contribution in [0.25, 0.3) is 0 Å².